The van der Waals surface area contributed by atoms with Gasteiger partial charge in [-0.25, -0.2) is 4.98 Å². The number of fused-ring (bicyclic) bond motifs is 2. The third-order valence-corrected chi connectivity index (χ3v) is 4.33. The number of carbonyl (C=O) groups is 1. The maximum absolute atomic E-state index is 12.2. The highest BCUT2D eigenvalue weighted by atomic mass is 16.2. The van der Waals surface area contributed by atoms with E-state index in [4.69, 9.17) is 0 Å². The van der Waals surface area contributed by atoms with Crippen LogP contribution in [-0.2, 0) is 4.79 Å². The Kier molecular flexibility index (Phi) is 2.61. The van der Waals surface area contributed by atoms with E-state index < -0.39 is 0 Å². The molecule has 1 N–H and O–H groups in total. The molecule has 1 amide bonds. The van der Waals surface area contributed by atoms with Gasteiger partial charge in [0.25, 0.3) is 0 Å². The first-order valence-electron chi connectivity index (χ1n) is 6.46. The Hall–Kier alpha value is -1.38. The van der Waals surface area contributed by atoms with E-state index in [2.05, 4.69) is 10.3 Å². The fourth-order valence-electron chi connectivity index (χ4n) is 3.39. The lowest BCUT2D eigenvalue weighted by atomic mass is 9.88. The van der Waals surface area contributed by atoms with Crippen molar-refractivity contribution >= 4 is 11.7 Å². The highest BCUT2D eigenvalue weighted by molar-refractivity contribution is 5.92. The van der Waals surface area contributed by atoms with Gasteiger partial charge in [0.05, 0.1) is 0 Å². The predicted octanol–water partition coefficient (Wildman–Crippen LogP) is 2.76. The van der Waals surface area contributed by atoms with Crippen LogP contribution in [0.1, 0.15) is 31.2 Å². The first kappa shape index (κ1) is 10.8. The molecule has 0 spiro atoms. The van der Waals surface area contributed by atoms with Crippen LogP contribution in [0.5, 0.6) is 0 Å². The summed E-state index contributed by atoms with van der Waals surface area (Å²) in [6, 6.07) is 3.87. The second-order valence-electron chi connectivity index (χ2n) is 5.44. The van der Waals surface area contributed by atoms with Gasteiger partial charge in [-0.1, -0.05) is 12.5 Å². The van der Waals surface area contributed by atoms with Gasteiger partial charge >= 0.3 is 0 Å². The third kappa shape index (κ3) is 1.94. The second kappa shape index (κ2) is 4.13. The molecule has 2 aliphatic carbocycles. The van der Waals surface area contributed by atoms with E-state index in [1.807, 2.05) is 19.1 Å². The molecule has 0 aliphatic heterocycles. The lowest BCUT2D eigenvalue weighted by molar-refractivity contribution is -0.121. The zero-order valence-corrected chi connectivity index (χ0v) is 10.1. The van der Waals surface area contributed by atoms with E-state index in [0.29, 0.717) is 5.92 Å². The molecule has 90 valence electrons. The van der Waals surface area contributed by atoms with E-state index >= 15 is 0 Å². The summed E-state index contributed by atoms with van der Waals surface area (Å²) in [5, 5.41) is 2.99. The van der Waals surface area contributed by atoms with Crippen LogP contribution >= 0.6 is 0 Å². The van der Waals surface area contributed by atoms with E-state index in [9.17, 15) is 4.79 Å². The summed E-state index contributed by atoms with van der Waals surface area (Å²) >= 11 is 0. The van der Waals surface area contributed by atoms with Crippen LogP contribution in [0.25, 0.3) is 0 Å². The molecule has 0 unspecified atom stereocenters. The number of aromatic nitrogens is 1. The number of nitrogens with one attached hydrogen (secondary N) is 1. The number of hydrogen-bond acceptors (Lipinski definition) is 2. The van der Waals surface area contributed by atoms with Gasteiger partial charge < -0.3 is 5.32 Å². The molecule has 0 aromatic carbocycles. The number of amides is 1. The summed E-state index contributed by atoms with van der Waals surface area (Å²) in [5.74, 6) is 2.57. The summed E-state index contributed by atoms with van der Waals surface area (Å²) < 4.78 is 0. The normalized spacial score (nSPS) is 30.5. The van der Waals surface area contributed by atoms with Crippen molar-refractivity contribution in [2.45, 2.75) is 32.6 Å². The molecule has 2 fully saturated rings. The molecule has 2 saturated carbocycles. The quantitative estimate of drug-likeness (QED) is 0.848. The number of aryl methyl sites for hydroxylation is 1. The van der Waals surface area contributed by atoms with Crippen LogP contribution in [0.4, 0.5) is 5.82 Å². The fourth-order valence-corrected chi connectivity index (χ4v) is 3.39. The minimum atomic E-state index is 0.180. The first-order valence-corrected chi connectivity index (χ1v) is 6.46. The van der Waals surface area contributed by atoms with Crippen molar-refractivity contribution in [2.24, 2.45) is 17.8 Å². The average Bonchev–Trinajstić information content (AvgIpc) is 2.94. The molecule has 17 heavy (non-hydrogen) atoms. The van der Waals surface area contributed by atoms with Crippen LogP contribution in [0.15, 0.2) is 18.3 Å². The van der Waals surface area contributed by atoms with Crippen LogP contribution in [0, 0.1) is 24.7 Å². The number of carbonyl (C=O) groups excluding carboxylic acids is 1. The lowest BCUT2D eigenvalue weighted by Crippen LogP contribution is -2.27. The van der Waals surface area contributed by atoms with E-state index in [-0.39, 0.29) is 11.8 Å². The highest BCUT2D eigenvalue weighted by Gasteiger charge is 2.43. The van der Waals surface area contributed by atoms with Gasteiger partial charge in [0.15, 0.2) is 0 Å². The topological polar surface area (TPSA) is 42.0 Å². The Bertz CT molecular complexity index is 444. The molecule has 3 atom stereocenters. The van der Waals surface area contributed by atoms with Gasteiger partial charge in [0.1, 0.15) is 5.82 Å². The predicted molar refractivity (Wildman–Crippen MR) is 66.5 cm³/mol. The Labute approximate surface area is 102 Å². The van der Waals surface area contributed by atoms with E-state index in [1.54, 1.807) is 6.20 Å². The third-order valence-electron chi connectivity index (χ3n) is 4.33. The fraction of sp³-hybridized carbons (Fsp3) is 0.571. The standard InChI is InChI=1S/C14H18N2O/c1-9-3-2-6-15-13(9)16-14(17)12-8-10-4-5-11(12)7-10/h2-3,6,10-12H,4-5,7-8H2,1H3,(H,15,16,17)/t10-,11-,12-/m0/s1. The summed E-state index contributed by atoms with van der Waals surface area (Å²) in [4.78, 5) is 16.4. The highest BCUT2D eigenvalue weighted by Crippen LogP contribution is 2.48. The average molecular weight is 230 g/mol. The van der Waals surface area contributed by atoms with Crippen LogP contribution in [-0.4, -0.2) is 10.9 Å². The number of nitrogens with zero attached hydrogens (tertiary/aromatic N) is 1. The van der Waals surface area contributed by atoms with Crippen LogP contribution < -0.4 is 5.32 Å². The molecule has 1 aromatic rings. The molecular weight excluding hydrogens is 212 g/mol. The van der Waals surface area contributed by atoms with Crippen molar-refractivity contribution in [3.63, 3.8) is 0 Å². The molecule has 3 rings (SSSR count). The summed E-state index contributed by atoms with van der Waals surface area (Å²) in [5.41, 5.74) is 1.03. The Morgan fingerprint density at radius 2 is 2.29 bits per heavy atom. The summed E-state index contributed by atoms with van der Waals surface area (Å²) in [7, 11) is 0. The number of rotatable bonds is 2. The largest absolute Gasteiger partial charge is 0.310 e. The van der Waals surface area contributed by atoms with Crippen molar-refractivity contribution in [1.29, 1.82) is 0 Å². The Balaban J connectivity index is 1.70. The second-order valence-corrected chi connectivity index (χ2v) is 5.44. The van der Waals surface area contributed by atoms with Gasteiger partial charge in [0.2, 0.25) is 5.91 Å². The molecule has 1 aromatic heterocycles. The molecule has 3 heteroatoms. The summed E-state index contributed by atoms with van der Waals surface area (Å²) in [6.07, 6.45) is 6.64. The molecule has 0 saturated heterocycles. The molecule has 2 aliphatic rings. The van der Waals surface area contributed by atoms with Crippen molar-refractivity contribution in [3.8, 4) is 0 Å². The smallest absolute Gasteiger partial charge is 0.228 e. The zero-order chi connectivity index (χ0) is 11.8. The molecule has 0 radical (unpaired) electrons. The molecule has 3 nitrogen and oxygen atoms in total. The van der Waals surface area contributed by atoms with Crippen LogP contribution in [0.2, 0.25) is 0 Å². The zero-order valence-electron chi connectivity index (χ0n) is 10.1. The lowest BCUT2D eigenvalue weighted by Gasteiger charge is -2.20. The van der Waals surface area contributed by atoms with Gasteiger partial charge in [-0.05, 0) is 49.7 Å². The Morgan fingerprint density at radius 3 is 2.94 bits per heavy atom. The number of hydrogen-bond donors (Lipinski definition) is 1. The van der Waals surface area contributed by atoms with Crippen molar-refractivity contribution < 1.29 is 4.79 Å². The SMILES string of the molecule is Cc1cccnc1NC(=O)[C@H]1C[C@H]2CC[C@H]1C2. The maximum Gasteiger partial charge on any atom is 0.228 e. The minimum Gasteiger partial charge on any atom is -0.310 e. The van der Waals surface area contributed by atoms with E-state index in [0.717, 1.165) is 23.7 Å². The van der Waals surface area contributed by atoms with Crippen molar-refractivity contribution in [3.05, 3.63) is 23.9 Å². The van der Waals surface area contributed by atoms with Gasteiger partial charge in [-0.3, -0.25) is 4.79 Å². The van der Waals surface area contributed by atoms with Crippen molar-refractivity contribution in [2.75, 3.05) is 5.32 Å². The van der Waals surface area contributed by atoms with Crippen molar-refractivity contribution in [1.82, 2.24) is 4.98 Å². The molecular formula is C14H18N2O. The number of pyridine rings is 1. The monoisotopic (exact) mass is 230 g/mol. The molecule has 2 bridgehead atoms. The van der Waals surface area contributed by atoms with Gasteiger partial charge in [-0.2, -0.15) is 0 Å². The Morgan fingerprint density at radius 1 is 1.41 bits per heavy atom. The van der Waals surface area contributed by atoms with Gasteiger partial charge in [-0.15, -0.1) is 0 Å². The maximum atomic E-state index is 12.2. The number of anilines is 1. The van der Waals surface area contributed by atoms with E-state index in [1.165, 1.54) is 19.3 Å². The summed E-state index contributed by atoms with van der Waals surface area (Å²) in [6.45, 7) is 1.98. The molecule has 1 heterocycles. The van der Waals surface area contributed by atoms with Crippen LogP contribution in [0.3, 0.4) is 0 Å². The first-order chi connectivity index (χ1) is 8.24. The van der Waals surface area contributed by atoms with Gasteiger partial charge in [0, 0.05) is 12.1 Å². The minimum absolute atomic E-state index is 0.180.